The van der Waals surface area contributed by atoms with Gasteiger partial charge in [-0.05, 0) is 51.0 Å². The Hall–Kier alpha value is -3.00. The quantitative estimate of drug-likeness (QED) is 0.346. The molecule has 4 rings (SSSR count). The summed E-state index contributed by atoms with van der Waals surface area (Å²) in [6.07, 6.45) is 5.35. The Balaban J connectivity index is 1.58. The van der Waals surface area contributed by atoms with E-state index in [1.54, 1.807) is 49.4 Å². The highest BCUT2D eigenvalue weighted by Gasteiger charge is 2.27. The van der Waals surface area contributed by atoms with Crippen LogP contribution in [0.15, 0.2) is 53.7 Å². The lowest BCUT2D eigenvalue weighted by Crippen LogP contribution is -2.23. The molecule has 1 fully saturated rings. The van der Waals surface area contributed by atoms with E-state index in [1.807, 2.05) is 4.57 Å². The summed E-state index contributed by atoms with van der Waals surface area (Å²) in [6, 6.07) is 13.6. The molecule has 33 heavy (non-hydrogen) atoms. The summed E-state index contributed by atoms with van der Waals surface area (Å²) in [5.74, 6) is -0.0972. The molecule has 1 aliphatic rings. The average molecular weight is 467 g/mol. The van der Waals surface area contributed by atoms with E-state index in [-0.39, 0.29) is 23.5 Å². The van der Waals surface area contributed by atoms with Crippen LogP contribution in [0.25, 0.3) is 11.4 Å². The van der Waals surface area contributed by atoms with Crippen LogP contribution in [0, 0.1) is 5.82 Å². The van der Waals surface area contributed by atoms with Gasteiger partial charge in [0.05, 0.1) is 10.8 Å². The molecule has 1 amide bonds. The average Bonchev–Trinajstić information content (AvgIpc) is 3.23. The summed E-state index contributed by atoms with van der Waals surface area (Å²) >= 11 is 1.31. The number of Topliss-reactive ketones (excluding diaryl/α,β-unsaturated/α-hetero) is 1. The molecule has 6 nitrogen and oxygen atoms in total. The second-order valence-corrected chi connectivity index (χ2v) is 9.64. The first kappa shape index (κ1) is 23.2. The van der Waals surface area contributed by atoms with Crippen molar-refractivity contribution >= 4 is 29.1 Å². The highest BCUT2D eigenvalue weighted by Crippen LogP contribution is 2.37. The molecule has 1 atom stereocenters. The third kappa shape index (κ3) is 5.33. The molecule has 0 saturated heterocycles. The minimum Gasteiger partial charge on any atom is -0.325 e. The zero-order valence-electron chi connectivity index (χ0n) is 18.8. The van der Waals surface area contributed by atoms with Crippen molar-refractivity contribution in [1.29, 1.82) is 0 Å². The molecule has 1 aliphatic carbocycles. The van der Waals surface area contributed by atoms with Gasteiger partial charge < -0.3 is 5.32 Å². The molecule has 0 aliphatic heterocycles. The van der Waals surface area contributed by atoms with E-state index in [2.05, 4.69) is 15.5 Å². The maximum absolute atomic E-state index is 14.6. The minimum absolute atomic E-state index is 0.0604. The van der Waals surface area contributed by atoms with E-state index < -0.39 is 5.25 Å². The van der Waals surface area contributed by atoms with Crippen LogP contribution in [-0.4, -0.2) is 31.7 Å². The number of thioether (sulfide) groups is 1. The van der Waals surface area contributed by atoms with Gasteiger partial charge >= 0.3 is 0 Å². The predicted molar refractivity (Wildman–Crippen MR) is 128 cm³/mol. The van der Waals surface area contributed by atoms with E-state index in [4.69, 9.17) is 0 Å². The summed E-state index contributed by atoms with van der Waals surface area (Å²) < 4.78 is 16.6. The van der Waals surface area contributed by atoms with E-state index in [1.165, 1.54) is 31.2 Å². The molecule has 3 aromatic rings. The summed E-state index contributed by atoms with van der Waals surface area (Å²) in [4.78, 5) is 24.5. The number of benzene rings is 2. The molecule has 1 N–H and O–H groups in total. The first-order valence-corrected chi connectivity index (χ1v) is 12.1. The molecule has 1 aromatic heterocycles. The van der Waals surface area contributed by atoms with Crippen LogP contribution in [0.5, 0.6) is 0 Å². The largest absolute Gasteiger partial charge is 0.325 e. The predicted octanol–water partition coefficient (Wildman–Crippen LogP) is 5.91. The van der Waals surface area contributed by atoms with Crippen LogP contribution >= 0.6 is 11.8 Å². The Morgan fingerprint density at radius 1 is 1.09 bits per heavy atom. The molecular weight excluding hydrogens is 439 g/mol. The number of nitrogens with one attached hydrogen (secondary N) is 1. The Kier molecular flexibility index (Phi) is 7.23. The number of carbonyl (C=O) groups excluding carboxylic acids is 2. The van der Waals surface area contributed by atoms with Gasteiger partial charge in [0.15, 0.2) is 16.8 Å². The number of nitrogens with zero attached hydrogens (tertiary/aromatic N) is 3. The maximum atomic E-state index is 14.6. The second kappa shape index (κ2) is 10.3. The molecule has 1 saturated carbocycles. The standard InChI is InChI=1S/C25H27FN4O2S/c1-16(31)18-9-8-10-19(15-18)27-24(32)17(2)33-25-29-28-23(21-13-6-7-14-22(21)26)30(25)20-11-4-3-5-12-20/h6-10,13-15,17,20H,3-5,11-12H2,1-2H3,(H,27,32)/t17-/m0/s1. The number of hydrogen-bond donors (Lipinski definition) is 1. The van der Waals surface area contributed by atoms with E-state index in [0.29, 0.717) is 27.8 Å². The lowest BCUT2D eigenvalue weighted by molar-refractivity contribution is -0.115. The Labute approximate surface area is 197 Å². The summed E-state index contributed by atoms with van der Waals surface area (Å²) in [6.45, 7) is 3.29. The fourth-order valence-electron chi connectivity index (χ4n) is 4.12. The second-order valence-electron chi connectivity index (χ2n) is 8.33. The Bertz CT molecular complexity index is 1160. The van der Waals surface area contributed by atoms with Gasteiger partial charge in [0.25, 0.3) is 0 Å². The molecular formula is C25H27FN4O2S. The van der Waals surface area contributed by atoms with Gasteiger partial charge in [-0.2, -0.15) is 0 Å². The smallest absolute Gasteiger partial charge is 0.237 e. The third-order valence-electron chi connectivity index (χ3n) is 5.91. The van der Waals surface area contributed by atoms with Crippen molar-refractivity contribution in [3.63, 3.8) is 0 Å². The maximum Gasteiger partial charge on any atom is 0.237 e. The van der Waals surface area contributed by atoms with Crippen molar-refractivity contribution in [2.45, 2.75) is 62.4 Å². The van der Waals surface area contributed by atoms with E-state index in [0.717, 1.165) is 25.7 Å². The lowest BCUT2D eigenvalue weighted by Gasteiger charge is -2.26. The van der Waals surface area contributed by atoms with Crippen molar-refractivity contribution in [3.8, 4) is 11.4 Å². The Morgan fingerprint density at radius 2 is 1.85 bits per heavy atom. The minimum atomic E-state index is -0.467. The monoisotopic (exact) mass is 466 g/mol. The van der Waals surface area contributed by atoms with Crippen LogP contribution in [0.1, 0.15) is 62.4 Å². The number of ketones is 1. The Morgan fingerprint density at radius 3 is 2.58 bits per heavy atom. The van der Waals surface area contributed by atoms with Gasteiger partial charge in [-0.25, -0.2) is 4.39 Å². The number of rotatable bonds is 7. The van der Waals surface area contributed by atoms with Gasteiger partial charge in [-0.1, -0.05) is 55.3 Å². The number of halogens is 1. The topological polar surface area (TPSA) is 76.9 Å². The molecule has 2 aromatic carbocycles. The van der Waals surface area contributed by atoms with Crippen LogP contribution in [0.2, 0.25) is 0 Å². The van der Waals surface area contributed by atoms with Crippen molar-refractivity contribution in [1.82, 2.24) is 14.8 Å². The van der Waals surface area contributed by atoms with Crippen LogP contribution in [0.3, 0.4) is 0 Å². The lowest BCUT2D eigenvalue weighted by atomic mass is 9.95. The van der Waals surface area contributed by atoms with Crippen molar-refractivity contribution in [2.24, 2.45) is 0 Å². The van der Waals surface area contributed by atoms with Crippen molar-refractivity contribution < 1.29 is 14.0 Å². The highest BCUT2D eigenvalue weighted by atomic mass is 32.2. The van der Waals surface area contributed by atoms with E-state index in [9.17, 15) is 14.0 Å². The third-order valence-corrected chi connectivity index (χ3v) is 6.96. The summed E-state index contributed by atoms with van der Waals surface area (Å²) in [7, 11) is 0. The molecule has 0 bridgehead atoms. The van der Waals surface area contributed by atoms with Gasteiger partial charge in [0.2, 0.25) is 5.91 Å². The molecule has 1 heterocycles. The summed E-state index contributed by atoms with van der Waals surface area (Å²) in [5, 5.41) is 11.7. The normalized spacial score (nSPS) is 15.2. The van der Waals surface area contributed by atoms with Crippen LogP contribution in [-0.2, 0) is 4.79 Å². The van der Waals surface area contributed by atoms with Crippen molar-refractivity contribution in [2.75, 3.05) is 5.32 Å². The van der Waals surface area contributed by atoms with Gasteiger partial charge in [0.1, 0.15) is 5.82 Å². The zero-order valence-corrected chi connectivity index (χ0v) is 19.6. The van der Waals surface area contributed by atoms with Gasteiger partial charge in [0, 0.05) is 17.3 Å². The van der Waals surface area contributed by atoms with E-state index >= 15 is 0 Å². The fraction of sp³-hybridized carbons (Fsp3) is 0.360. The highest BCUT2D eigenvalue weighted by molar-refractivity contribution is 8.00. The fourth-order valence-corrected chi connectivity index (χ4v) is 5.04. The summed E-state index contributed by atoms with van der Waals surface area (Å²) in [5.41, 5.74) is 1.53. The van der Waals surface area contributed by atoms with Gasteiger partial charge in [-0.3, -0.25) is 14.2 Å². The number of aromatic nitrogens is 3. The first-order valence-electron chi connectivity index (χ1n) is 11.2. The molecule has 0 spiro atoms. The number of carbonyl (C=O) groups is 2. The van der Waals surface area contributed by atoms with Gasteiger partial charge in [-0.15, -0.1) is 10.2 Å². The number of hydrogen-bond acceptors (Lipinski definition) is 5. The zero-order chi connectivity index (χ0) is 23.4. The molecule has 0 unspecified atom stereocenters. The first-order chi connectivity index (χ1) is 15.9. The molecule has 8 heteroatoms. The van der Waals surface area contributed by atoms with Crippen molar-refractivity contribution in [3.05, 3.63) is 59.9 Å². The molecule has 0 radical (unpaired) electrons. The SMILES string of the molecule is CC(=O)c1cccc(NC(=O)[C@H](C)Sc2nnc(-c3ccccc3F)n2C2CCCCC2)c1. The number of amides is 1. The molecule has 172 valence electrons. The van der Waals surface area contributed by atoms with Crippen LogP contribution in [0.4, 0.5) is 10.1 Å². The van der Waals surface area contributed by atoms with Crippen LogP contribution < -0.4 is 5.32 Å². The number of anilines is 1.